The van der Waals surface area contributed by atoms with Crippen LogP contribution in [-0.2, 0) is 10.1 Å². The molecule has 0 aromatic carbocycles. The molecule has 0 spiro atoms. The van der Waals surface area contributed by atoms with Crippen molar-refractivity contribution >= 4 is 10.1 Å². The van der Waals surface area contributed by atoms with Crippen LogP contribution in [0.1, 0.15) is 90.9 Å². The first-order chi connectivity index (χ1) is 9.93. The Morgan fingerprint density at radius 1 is 0.818 bits per heavy atom. The standard InChI is InChI=1S/C16H34O4S.K/c1-3-5-7-8-9-10-12-13-15(17)16(21(18,19)20)14-11-6-4-2;/h15-17H,3-14H2,1-2H3,(H,18,19,20);/q;+1/p-1. The summed E-state index contributed by atoms with van der Waals surface area (Å²) in [7, 11) is -4.40. The van der Waals surface area contributed by atoms with Crippen LogP contribution in [0.4, 0.5) is 0 Å². The van der Waals surface area contributed by atoms with Gasteiger partial charge in [-0.25, -0.2) is 8.42 Å². The summed E-state index contributed by atoms with van der Waals surface area (Å²) in [6, 6.07) is 0. The maximum absolute atomic E-state index is 11.3. The molecule has 22 heavy (non-hydrogen) atoms. The molecule has 0 aliphatic rings. The first-order valence-corrected chi connectivity index (χ1v) is 10.0. The predicted molar refractivity (Wildman–Crippen MR) is 86.2 cm³/mol. The molecule has 0 fully saturated rings. The molecule has 0 radical (unpaired) electrons. The maximum atomic E-state index is 11.3. The number of hydrogen-bond acceptors (Lipinski definition) is 4. The van der Waals surface area contributed by atoms with Crippen molar-refractivity contribution in [2.24, 2.45) is 0 Å². The largest absolute Gasteiger partial charge is 1.00 e. The van der Waals surface area contributed by atoms with E-state index in [1.807, 2.05) is 6.92 Å². The molecule has 0 amide bonds. The van der Waals surface area contributed by atoms with Crippen LogP contribution in [0.5, 0.6) is 0 Å². The third-order valence-electron chi connectivity index (χ3n) is 4.00. The van der Waals surface area contributed by atoms with Gasteiger partial charge in [0.05, 0.1) is 11.4 Å². The quantitative estimate of drug-likeness (QED) is 0.285. The van der Waals surface area contributed by atoms with Crippen LogP contribution in [0.25, 0.3) is 0 Å². The summed E-state index contributed by atoms with van der Waals surface area (Å²) in [6.07, 6.45) is 10.1. The second-order valence-corrected chi connectivity index (χ2v) is 7.60. The van der Waals surface area contributed by atoms with E-state index < -0.39 is 21.5 Å². The minimum absolute atomic E-state index is 0. The van der Waals surface area contributed by atoms with Gasteiger partial charge in [-0.1, -0.05) is 78.1 Å². The molecular weight excluding hydrogens is 327 g/mol. The van der Waals surface area contributed by atoms with Gasteiger partial charge in [0.25, 0.3) is 0 Å². The van der Waals surface area contributed by atoms with Crippen LogP contribution >= 0.6 is 0 Å². The monoisotopic (exact) mass is 360 g/mol. The summed E-state index contributed by atoms with van der Waals surface area (Å²) >= 11 is 0. The van der Waals surface area contributed by atoms with Crippen LogP contribution in [0.15, 0.2) is 0 Å². The van der Waals surface area contributed by atoms with E-state index in [0.29, 0.717) is 12.8 Å². The van der Waals surface area contributed by atoms with E-state index in [0.717, 1.165) is 32.1 Å². The Morgan fingerprint density at radius 2 is 1.23 bits per heavy atom. The number of aliphatic hydroxyl groups excluding tert-OH is 1. The smallest absolute Gasteiger partial charge is 0.748 e. The van der Waals surface area contributed by atoms with Gasteiger partial charge in [0.15, 0.2) is 0 Å². The van der Waals surface area contributed by atoms with Crippen molar-refractivity contribution in [2.45, 2.75) is 102 Å². The Bertz CT molecular complexity index is 333. The second kappa shape index (κ2) is 16.0. The number of unbranched alkanes of at least 4 members (excludes halogenated alkanes) is 8. The molecule has 0 saturated carbocycles. The minimum atomic E-state index is -4.40. The Hall–Kier alpha value is 1.51. The number of aliphatic hydroxyl groups is 1. The molecule has 2 unspecified atom stereocenters. The van der Waals surface area contributed by atoms with E-state index in [1.165, 1.54) is 25.7 Å². The fourth-order valence-electron chi connectivity index (χ4n) is 2.62. The maximum Gasteiger partial charge on any atom is 1.00 e. The van der Waals surface area contributed by atoms with Gasteiger partial charge in [0, 0.05) is 0 Å². The van der Waals surface area contributed by atoms with Crippen molar-refractivity contribution in [1.82, 2.24) is 0 Å². The molecule has 4 nitrogen and oxygen atoms in total. The van der Waals surface area contributed by atoms with Crippen LogP contribution in [-0.4, -0.2) is 29.4 Å². The van der Waals surface area contributed by atoms with Crippen LogP contribution in [0.2, 0.25) is 0 Å². The normalized spacial score (nSPS) is 14.4. The van der Waals surface area contributed by atoms with Crippen molar-refractivity contribution in [2.75, 3.05) is 0 Å². The fourth-order valence-corrected chi connectivity index (χ4v) is 3.60. The number of hydrogen-bond donors (Lipinski definition) is 1. The summed E-state index contributed by atoms with van der Waals surface area (Å²) in [4.78, 5) is 0. The van der Waals surface area contributed by atoms with E-state index in [-0.39, 0.29) is 57.8 Å². The van der Waals surface area contributed by atoms with E-state index in [1.54, 1.807) is 0 Å². The Labute approximate surface area is 180 Å². The van der Waals surface area contributed by atoms with Gasteiger partial charge in [0.2, 0.25) is 0 Å². The van der Waals surface area contributed by atoms with Crippen LogP contribution < -0.4 is 51.4 Å². The summed E-state index contributed by atoms with van der Waals surface area (Å²) in [5.41, 5.74) is 0. The van der Waals surface area contributed by atoms with E-state index >= 15 is 0 Å². The molecule has 128 valence electrons. The molecule has 0 rings (SSSR count). The zero-order valence-corrected chi connectivity index (χ0v) is 18.7. The zero-order chi connectivity index (χ0) is 16.1. The van der Waals surface area contributed by atoms with E-state index in [2.05, 4.69) is 6.92 Å². The molecule has 0 heterocycles. The molecule has 0 aromatic rings. The van der Waals surface area contributed by atoms with Crippen LogP contribution in [0, 0.1) is 0 Å². The van der Waals surface area contributed by atoms with Gasteiger partial charge in [-0.15, -0.1) is 0 Å². The first kappa shape index (κ1) is 25.7. The minimum Gasteiger partial charge on any atom is -0.748 e. The Kier molecular flexibility index (Phi) is 18.7. The Morgan fingerprint density at radius 3 is 1.73 bits per heavy atom. The molecular formula is C16H33KO4S. The molecule has 2 atom stereocenters. The Balaban J connectivity index is 0. The SMILES string of the molecule is CCCCCCCCCC(O)C(CCCCC)S(=O)(=O)[O-].[K+]. The van der Waals surface area contributed by atoms with Gasteiger partial charge >= 0.3 is 51.4 Å². The van der Waals surface area contributed by atoms with E-state index in [4.69, 9.17) is 0 Å². The van der Waals surface area contributed by atoms with E-state index in [9.17, 15) is 18.1 Å². The molecule has 0 bridgehead atoms. The number of rotatable bonds is 14. The summed E-state index contributed by atoms with van der Waals surface area (Å²) < 4.78 is 33.8. The van der Waals surface area contributed by atoms with Gasteiger partial charge in [-0.05, 0) is 12.8 Å². The van der Waals surface area contributed by atoms with Crippen molar-refractivity contribution in [1.29, 1.82) is 0 Å². The second-order valence-electron chi connectivity index (χ2n) is 6.00. The average Bonchev–Trinajstić information content (AvgIpc) is 2.41. The zero-order valence-electron chi connectivity index (χ0n) is 14.7. The molecule has 0 saturated heterocycles. The molecule has 0 aliphatic carbocycles. The third-order valence-corrected chi connectivity index (χ3v) is 5.29. The molecule has 6 heteroatoms. The van der Waals surface area contributed by atoms with Crippen molar-refractivity contribution in [3.8, 4) is 0 Å². The van der Waals surface area contributed by atoms with Gasteiger partial charge < -0.3 is 9.66 Å². The van der Waals surface area contributed by atoms with Crippen LogP contribution in [0.3, 0.4) is 0 Å². The third kappa shape index (κ3) is 13.9. The molecule has 1 N–H and O–H groups in total. The summed E-state index contributed by atoms with van der Waals surface area (Å²) in [5.74, 6) is 0. The van der Waals surface area contributed by atoms with Crippen molar-refractivity contribution < 1.29 is 69.5 Å². The topological polar surface area (TPSA) is 77.4 Å². The first-order valence-electron chi connectivity index (χ1n) is 8.56. The summed E-state index contributed by atoms with van der Waals surface area (Å²) in [6.45, 7) is 4.20. The van der Waals surface area contributed by atoms with Crippen molar-refractivity contribution in [3.63, 3.8) is 0 Å². The van der Waals surface area contributed by atoms with Gasteiger partial charge in [0.1, 0.15) is 10.1 Å². The molecule has 0 aliphatic heterocycles. The van der Waals surface area contributed by atoms with Gasteiger partial charge in [-0.2, -0.15) is 0 Å². The average molecular weight is 361 g/mol. The fraction of sp³-hybridized carbons (Fsp3) is 1.00. The molecule has 0 aromatic heterocycles. The predicted octanol–water partition coefficient (Wildman–Crippen LogP) is 0.986. The summed E-state index contributed by atoms with van der Waals surface area (Å²) in [5, 5.41) is 8.88. The van der Waals surface area contributed by atoms with Crippen molar-refractivity contribution in [3.05, 3.63) is 0 Å². The van der Waals surface area contributed by atoms with Gasteiger partial charge in [-0.3, -0.25) is 0 Å².